The zero-order chi connectivity index (χ0) is 11.4. The molecule has 2 rings (SSSR count). The summed E-state index contributed by atoms with van der Waals surface area (Å²) in [6.07, 6.45) is 0. The van der Waals surface area contributed by atoms with Crippen LogP contribution >= 0.6 is 0 Å². The number of hydrogen-bond donors (Lipinski definition) is 1. The molecule has 0 spiro atoms. The molecule has 1 fully saturated rings. The predicted molar refractivity (Wildman–Crippen MR) is 63.8 cm³/mol. The van der Waals surface area contributed by atoms with E-state index in [-0.39, 0.29) is 6.04 Å². The summed E-state index contributed by atoms with van der Waals surface area (Å²) in [6.45, 7) is 5.00. The molecule has 1 aromatic rings. The van der Waals surface area contributed by atoms with Crippen molar-refractivity contribution in [1.29, 1.82) is 5.26 Å². The van der Waals surface area contributed by atoms with Crippen LogP contribution in [-0.2, 0) is 0 Å². The monoisotopic (exact) mass is 215 g/mol. The van der Waals surface area contributed by atoms with Gasteiger partial charge in [0.05, 0.1) is 6.07 Å². The van der Waals surface area contributed by atoms with Gasteiger partial charge in [0.1, 0.15) is 6.04 Å². The molecule has 3 nitrogen and oxygen atoms in total. The third-order valence-electron chi connectivity index (χ3n) is 3.00. The minimum atomic E-state index is -0.106. The van der Waals surface area contributed by atoms with Crippen molar-refractivity contribution in [1.82, 2.24) is 10.2 Å². The van der Waals surface area contributed by atoms with Crippen LogP contribution in [0.2, 0.25) is 0 Å². The van der Waals surface area contributed by atoms with Crippen molar-refractivity contribution in [2.75, 3.05) is 19.6 Å². The Hall–Kier alpha value is -1.37. The van der Waals surface area contributed by atoms with Crippen molar-refractivity contribution in [3.05, 3.63) is 35.9 Å². The zero-order valence-electron chi connectivity index (χ0n) is 9.56. The van der Waals surface area contributed by atoms with Crippen molar-refractivity contribution >= 4 is 0 Å². The SMILES string of the molecule is C[C@@H]1CN([C@H](C#N)c2ccccc2)CCN1. The van der Waals surface area contributed by atoms with Crippen LogP contribution in [0, 0.1) is 11.3 Å². The Morgan fingerprint density at radius 3 is 2.81 bits per heavy atom. The predicted octanol–water partition coefficient (Wildman–Crippen LogP) is 1.54. The molecule has 1 saturated heterocycles. The summed E-state index contributed by atoms with van der Waals surface area (Å²) in [6, 6.07) is 12.8. The summed E-state index contributed by atoms with van der Waals surface area (Å²) in [5, 5.41) is 12.7. The number of benzene rings is 1. The van der Waals surface area contributed by atoms with E-state index in [2.05, 4.69) is 23.2 Å². The van der Waals surface area contributed by atoms with Gasteiger partial charge in [-0.05, 0) is 12.5 Å². The first-order valence-electron chi connectivity index (χ1n) is 5.73. The van der Waals surface area contributed by atoms with Gasteiger partial charge >= 0.3 is 0 Å². The Labute approximate surface area is 96.7 Å². The second kappa shape index (κ2) is 5.11. The lowest BCUT2D eigenvalue weighted by Gasteiger charge is -2.34. The van der Waals surface area contributed by atoms with Crippen molar-refractivity contribution in [3.63, 3.8) is 0 Å². The number of piperazine rings is 1. The Balaban J connectivity index is 2.14. The van der Waals surface area contributed by atoms with Crippen LogP contribution < -0.4 is 5.32 Å². The van der Waals surface area contributed by atoms with E-state index in [1.807, 2.05) is 30.3 Å². The van der Waals surface area contributed by atoms with Gasteiger partial charge in [-0.1, -0.05) is 30.3 Å². The van der Waals surface area contributed by atoms with E-state index in [4.69, 9.17) is 0 Å². The fraction of sp³-hybridized carbons (Fsp3) is 0.462. The maximum absolute atomic E-state index is 9.31. The van der Waals surface area contributed by atoms with Crippen LogP contribution in [0.1, 0.15) is 18.5 Å². The van der Waals surface area contributed by atoms with Gasteiger partial charge in [-0.2, -0.15) is 5.26 Å². The number of nitrogens with one attached hydrogen (secondary N) is 1. The smallest absolute Gasteiger partial charge is 0.123 e. The van der Waals surface area contributed by atoms with Gasteiger partial charge in [-0.15, -0.1) is 0 Å². The highest BCUT2D eigenvalue weighted by atomic mass is 15.2. The van der Waals surface area contributed by atoms with Gasteiger partial charge in [0.25, 0.3) is 0 Å². The van der Waals surface area contributed by atoms with E-state index >= 15 is 0 Å². The van der Waals surface area contributed by atoms with E-state index in [0.717, 1.165) is 25.2 Å². The molecule has 3 heteroatoms. The van der Waals surface area contributed by atoms with Gasteiger partial charge in [0.2, 0.25) is 0 Å². The van der Waals surface area contributed by atoms with Crippen molar-refractivity contribution in [2.45, 2.75) is 19.0 Å². The molecule has 0 aromatic heterocycles. The van der Waals surface area contributed by atoms with Crippen LogP contribution in [0.3, 0.4) is 0 Å². The average molecular weight is 215 g/mol. The second-order valence-electron chi connectivity index (χ2n) is 4.29. The summed E-state index contributed by atoms with van der Waals surface area (Å²) in [4.78, 5) is 2.25. The van der Waals surface area contributed by atoms with Crippen molar-refractivity contribution < 1.29 is 0 Å². The van der Waals surface area contributed by atoms with Gasteiger partial charge < -0.3 is 5.32 Å². The molecule has 0 saturated carbocycles. The molecule has 16 heavy (non-hydrogen) atoms. The zero-order valence-corrected chi connectivity index (χ0v) is 9.56. The van der Waals surface area contributed by atoms with Crippen LogP contribution in [0.4, 0.5) is 0 Å². The molecule has 0 radical (unpaired) electrons. The first-order valence-corrected chi connectivity index (χ1v) is 5.73. The lowest BCUT2D eigenvalue weighted by atomic mass is 10.0. The minimum Gasteiger partial charge on any atom is -0.312 e. The van der Waals surface area contributed by atoms with Crippen molar-refractivity contribution in [3.8, 4) is 6.07 Å². The first-order chi connectivity index (χ1) is 7.81. The Bertz CT molecular complexity index is 369. The Morgan fingerprint density at radius 1 is 1.44 bits per heavy atom. The van der Waals surface area contributed by atoms with Crippen LogP contribution in [0.15, 0.2) is 30.3 Å². The van der Waals surface area contributed by atoms with Gasteiger partial charge in [-0.3, -0.25) is 4.90 Å². The van der Waals surface area contributed by atoms with Crippen LogP contribution in [0.5, 0.6) is 0 Å². The van der Waals surface area contributed by atoms with Crippen LogP contribution in [0.25, 0.3) is 0 Å². The van der Waals surface area contributed by atoms with E-state index in [9.17, 15) is 5.26 Å². The third kappa shape index (κ3) is 2.41. The normalized spacial score (nSPS) is 23.6. The highest BCUT2D eigenvalue weighted by molar-refractivity contribution is 5.24. The largest absolute Gasteiger partial charge is 0.312 e. The lowest BCUT2D eigenvalue weighted by molar-refractivity contribution is 0.178. The Kier molecular flexibility index (Phi) is 3.55. The molecular formula is C13H17N3. The molecule has 1 N–H and O–H groups in total. The molecular weight excluding hydrogens is 198 g/mol. The number of nitriles is 1. The summed E-state index contributed by atoms with van der Waals surface area (Å²) >= 11 is 0. The molecule has 0 aliphatic carbocycles. The fourth-order valence-electron chi connectivity index (χ4n) is 2.20. The number of nitrogens with zero attached hydrogens (tertiary/aromatic N) is 2. The molecule has 1 aliphatic heterocycles. The minimum absolute atomic E-state index is 0.106. The second-order valence-corrected chi connectivity index (χ2v) is 4.29. The lowest BCUT2D eigenvalue weighted by Crippen LogP contribution is -2.50. The molecule has 0 bridgehead atoms. The number of hydrogen-bond acceptors (Lipinski definition) is 3. The molecule has 0 amide bonds. The van der Waals surface area contributed by atoms with Gasteiger partial charge in [0, 0.05) is 25.7 Å². The summed E-state index contributed by atoms with van der Waals surface area (Å²) < 4.78 is 0. The van der Waals surface area contributed by atoms with Crippen molar-refractivity contribution in [2.24, 2.45) is 0 Å². The average Bonchev–Trinajstić information content (AvgIpc) is 2.31. The quantitative estimate of drug-likeness (QED) is 0.813. The van der Waals surface area contributed by atoms with E-state index in [1.54, 1.807) is 0 Å². The highest BCUT2D eigenvalue weighted by Gasteiger charge is 2.24. The van der Waals surface area contributed by atoms with E-state index in [1.165, 1.54) is 0 Å². The molecule has 84 valence electrons. The van der Waals surface area contributed by atoms with Gasteiger partial charge in [-0.25, -0.2) is 0 Å². The fourth-order valence-corrected chi connectivity index (χ4v) is 2.20. The summed E-state index contributed by atoms with van der Waals surface area (Å²) in [5.41, 5.74) is 1.10. The van der Waals surface area contributed by atoms with Gasteiger partial charge in [0.15, 0.2) is 0 Å². The van der Waals surface area contributed by atoms with Crippen LogP contribution in [-0.4, -0.2) is 30.6 Å². The Morgan fingerprint density at radius 2 is 2.19 bits per heavy atom. The molecule has 2 atom stereocenters. The van der Waals surface area contributed by atoms with E-state index in [0.29, 0.717) is 6.04 Å². The number of rotatable bonds is 2. The first kappa shape index (κ1) is 11.1. The maximum Gasteiger partial charge on any atom is 0.123 e. The van der Waals surface area contributed by atoms with E-state index < -0.39 is 0 Å². The standard InChI is InChI=1S/C13H17N3/c1-11-10-16(8-7-15-11)13(9-14)12-5-3-2-4-6-12/h2-6,11,13,15H,7-8,10H2,1H3/t11-,13-/m1/s1. The maximum atomic E-state index is 9.31. The summed E-state index contributed by atoms with van der Waals surface area (Å²) in [7, 11) is 0. The molecule has 1 aliphatic rings. The topological polar surface area (TPSA) is 39.1 Å². The highest BCUT2D eigenvalue weighted by Crippen LogP contribution is 2.20. The summed E-state index contributed by atoms with van der Waals surface area (Å²) in [5.74, 6) is 0. The molecule has 1 aromatic carbocycles. The molecule has 0 unspecified atom stereocenters. The third-order valence-corrected chi connectivity index (χ3v) is 3.00. The molecule has 1 heterocycles.